The summed E-state index contributed by atoms with van der Waals surface area (Å²) in [5.74, 6) is 0.935. The molecule has 0 aromatic heterocycles. The van der Waals surface area contributed by atoms with Crippen LogP contribution in [0.5, 0.6) is 0 Å². The lowest BCUT2D eigenvalue weighted by Gasteiger charge is -1.98. The monoisotopic (exact) mass is 192 g/mol. The third-order valence-corrected chi connectivity index (χ3v) is 2.64. The highest BCUT2D eigenvalue weighted by Crippen LogP contribution is 2.02. The second kappa shape index (κ2) is 8.80. The fraction of sp³-hybridized carbons (Fsp3) is 0.571. The van der Waals surface area contributed by atoms with Crippen molar-refractivity contribution in [3.8, 4) is 0 Å². The van der Waals surface area contributed by atoms with E-state index in [1.165, 1.54) is 18.4 Å². The van der Waals surface area contributed by atoms with Crippen LogP contribution in [0.3, 0.4) is 0 Å². The summed E-state index contributed by atoms with van der Waals surface area (Å²) < 4.78 is 0. The Morgan fingerprint density at radius 1 is 0.929 bits per heavy atom. The normalized spacial score (nSPS) is 9.50. The number of hydrogen-bond acceptors (Lipinski definition) is 0. The first kappa shape index (κ1) is 13.2. The van der Waals surface area contributed by atoms with Crippen LogP contribution in [0.4, 0.5) is 0 Å². The minimum Gasteiger partial charge on any atom is -0.0651 e. The number of aryl methyl sites for hydroxylation is 1. The van der Waals surface area contributed by atoms with Gasteiger partial charge in [-0.25, -0.2) is 0 Å². The van der Waals surface area contributed by atoms with Crippen molar-refractivity contribution < 1.29 is 0 Å². The average molecular weight is 192 g/mol. The average Bonchev–Trinajstić information content (AvgIpc) is 2.30. The maximum Gasteiger partial charge on any atom is -0.0307 e. The lowest BCUT2D eigenvalue weighted by atomic mass is 10.1. The van der Waals surface area contributed by atoms with Crippen molar-refractivity contribution >= 4 is 0 Å². The van der Waals surface area contributed by atoms with Crippen molar-refractivity contribution in [1.82, 2.24) is 0 Å². The van der Waals surface area contributed by atoms with Crippen LogP contribution in [-0.2, 0) is 6.42 Å². The van der Waals surface area contributed by atoms with Gasteiger partial charge in [0.2, 0.25) is 0 Å². The van der Waals surface area contributed by atoms with Gasteiger partial charge in [0.05, 0.1) is 0 Å². The van der Waals surface area contributed by atoms with Crippen LogP contribution in [0.15, 0.2) is 30.3 Å². The zero-order valence-corrected chi connectivity index (χ0v) is 10.1. The molecule has 0 N–H and O–H groups in total. The Morgan fingerprint density at radius 2 is 1.43 bits per heavy atom. The molecule has 0 aliphatic rings. The minimum atomic E-state index is 0.935. The van der Waals surface area contributed by atoms with Crippen LogP contribution in [0.25, 0.3) is 0 Å². The second-order valence-electron chi connectivity index (χ2n) is 3.76. The van der Waals surface area contributed by atoms with E-state index in [-0.39, 0.29) is 0 Å². The molecule has 0 atom stereocenters. The summed E-state index contributed by atoms with van der Waals surface area (Å²) >= 11 is 0. The Bertz CT molecular complexity index is 197. The maximum absolute atomic E-state index is 2.28. The van der Waals surface area contributed by atoms with Crippen molar-refractivity contribution in [2.24, 2.45) is 5.92 Å². The highest BCUT2D eigenvalue weighted by atomic mass is 13.9. The predicted molar refractivity (Wildman–Crippen MR) is 65.6 cm³/mol. The SMILES string of the molecule is CCC(C)CC.CCc1ccccc1. The molecule has 0 amide bonds. The minimum absolute atomic E-state index is 0.935. The maximum atomic E-state index is 2.28. The van der Waals surface area contributed by atoms with Crippen molar-refractivity contribution in [3.63, 3.8) is 0 Å². The van der Waals surface area contributed by atoms with Gasteiger partial charge >= 0.3 is 0 Å². The van der Waals surface area contributed by atoms with Gasteiger partial charge in [0.25, 0.3) is 0 Å². The topological polar surface area (TPSA) is 0 Å². The lowest BCUT2D eigenvalue weighted by molar-refractivity contribution is 0.544. The summed E-state index contributed by atoms with van der Waals surface area (Å²) in [5, 5.41) is 0. The summed E-state index contributed by atoms with van der Waals surface area (Å²) in [6.07, 6.45) is 3.80. The van der Waals surface area contributed by atoms with Crippen LogP contribution in [-0.4, -0.2) is 0 Å². The van der Waals surface area contributed by atoms with Gasteiger partial charge in [0.1, 0.15) is 0 Å². The zero-order chi connectivity index (χ0) is 10.8. The van der Waals surface area contributed by atoms with E-state index in [0.717, 1.165) is 12.3 Å². The summed E-state index contributed by atoms with van der Waals surface area (Å²) in [7, 11) is 0. The molecule has 0 saturated carbocycles. The lowest BCUT2D eigenvalue weighted by Crippen LogP contribution is -1.85. The first-order valence-electron chi connectivity index (χ1n) is 5.78. The molecule has 0 fully saturated rings. The van der Waals surface area contributed by atoms with Crippen LogP contribution >= 0.6 is 0 Å². The fourth-order valence-corrected chi connectivity index (χ4v) is 1.00. The van der Waals surface area contributed by atoms with E-state index in [1.54, 1.807) is 0 Å². The van der Waals surface area contributed by atoms with Gasteiger partial charge in [-0.3, -0.25) is 0 Å². The zero-order valence-electron chi connectivity index (χ0n) is 10.1. The first-order chi connectivity index (χ1) is 6.74. The molecule has 1 rings (SSSR count). The summed E-state index contributed by atoms with van der Waals surface area (Å²) in [6, 6.07) is 10.5. The van der Waals surface area contributed by atoms with Crippen molar-refractivity contribution in [2.75, 3.05) is 0 Å². The molecule has 80 valence electrons. The van der Waals surface area contributed by atoms with Crippen molar-refractivity contribution in [3.05, 3.63) is 35.9 Å². The van der Waals surface area contributed by atoms with Crippen LogP contribution < -0.4 is 0 Å². The predicted octanol–water partition coefficient (Wildman–Crippen LogP) is 4.69. The summed E-state index contributed by atoms with van der Waals surface area (Å²) in [4.78, 5) is 0. The second-order valence-corrected chi connectivity index (χ2v) is 3.76. The van der Waals surface area contributed by atoms with Gasteiger partial charge in [0, 0.05) is 0 Å². The number of rotatable bonds is 3. The molecule has 1 aromatic rings. The Balaban J connectivity index is 0.000000255. The number of benzene rings is 1. The van der Waals surface area contributed by atoms with Gasteiger partial charge in [0.15, 0.2) is 0 Å². The standard InChI is InChI=1S/C8H10.C6H14/c1-2-8-6-4-3-5-7-8;1-4-6(3)5-2/h3-7H,2H2,1H3;6H,4-5H2,1-3H3. The van der Waals surface area contributed by atoms with E-state index in [4.69, 9.17) is 0 Å². The summed E-state index contributed by atoms with van der Waals surface area (Å²) in [5.41, 5.74) is 1.41. The molecule has 0 heterocycles. The third-order valence-electron chi connectivity index (χ3n) is 2.64. The van der Waals surface area contributed by atoms with Crippen LogP contribution in [0.2, 0.25) is 0 Å². The van der Waals surface area contributed by atoms with Crippen LogP contribution in [0.1, 0.15) is 46.1 Å². The third kappa shape index (κ3) is 6.71. The molecule has 14 heavy (non-hydrogen) atoms. The molecule has 0 radical (unpaired) electrons. The van der Waals surface area contributed by atoms with Crippen LogP contribution in [0, 0.1) is 5.92 Å². The molecule has 0 aliphatic carbocycles. The highest BCUT2D eigenvalue weighted by molar-refractivity contribution is 5.13. The van der Waals surface area contributed by atoms with E-state index in [2.05, 4.69) is 52.0 Å². The van der Waals surface area contributed by atoms with E-state index in [9.17, 15) is 0 Å². The van der Waals surface area contributed by atoms with E-state index < -0.39 is 0 Å². The molecule has 0 aliphatic heterocycles. The van der Waals surface area contributed by atoms with Gasteiger partial charge in [-0.15, -0.1) is 0 Å². The number of hydrogen-bond donors (Lipinski definition) is 0. The molecule has 0 nitrogen and oxygen atoms in total. The molecule has 0 spiro atoms. The molecular formula is C14H24. The molecular weight excluding hydrogens is 168 g/mol. The first-order valence-corrected chi connectivity index (χ1v) is 5.78. The largest absolute Gasteiger partial charge is 0.0651 e. The van der Waals surface area contributed by atoms with Gasteiger partial charge in [-0.1, -0.05) is 70.9 Å². The van der Waals surface area contributed by atoms with E-state index in [1.807, 2.05) is 6.07 Å². The molecule has 0 unspecified atom stereocenters. The van der Waals surface area contributed by atoms with E-state index >= 15 is 0 Å². The summed E-state index contributed by atoms with van der Waals surface area (Å²) in [6.45, 7) is 8.90. The Morgan fingerprint density at radius 3 is 1.64 bits per heavy atom. The van der Waals surface area contributed by atoms with Gasteiger partial charge in [-0.05, 0) is 17.9 Å². The van der Waals surface area contributed by atoms with Crippen molar-refractivity contribution in [2.45, 2.75) is 47.0 Å². The van der Waals surface area contributed by atoms with Crippen molar-refractivity contribution in [1.29, 1.82) is 0 Å². The molecule has 1 aromatic carbocycles. The molecule has 0 saturated heterocycles. The van der Waals surface area contributed by atoms with E-state index in [0.29, 0.717) is 0 Å². The molecule has 0 bridgehead atoms. The Labute approximate surface area is 89.4 Å². The molecule has 0 heteroatoms. The quantitative estimate of drug-likeness (QED) is 0.651. The highest BCUT2D eigenvalue weighted by Gasteiger charge is 1.88. The Hall–Kier alpha value is -0.780. The van der Waals surface area contributed by atoms with Gasteiger partial charge in [-0.2, -0.15) is 0 Å². The van der Waals surface area contributed by atoms with Gasteiger partial charge < -0.3 is 0 Å². The smallest absolute Gasteiger partial charge is 0.0307 e. The fourth-order valence-electron chi connectivity index (χ4n) is 1.00. The Kier molecular flexibility index (Phi) is 8.31.